The highest BCUT2D eigenvalue weighted by Crippen LogP contribution is 2.40. The van der Waals surface area contributed by atoms with E-state index in [0.717, 1.165) is 25.7 Å². The van der Waals surface area contributed by atoms with Crippen molar-refractivity contribution in [1.29, 1.82) is 0 Å². The normalized spacial score (nSPS) is 16.5. The minimum absolute atomic E-state index is 0.0118. The fraction of sp³-hybridized carbons (Fsp3) is 0.353. The van der Waals surface area contributed by atoms with Crippen molar-refractivity contribution in [3.8, 4) is 22.3 Å². The van der Waals surface area contributed by atoms with Gasteiger partial charge in [-0.15, -0.1) is 0 Å². The van der Waals surface area contributed by atoms with Gasteiger partial charge in [0.1, 0.15) is 23.0 Å². The molecule has 0 bridgehead atoms. The predicted octanol–water partition coefficient (Wildman–Crippen LogP) is 4.90. The average Bonchev–Trinajstić information content (AvgIpc) is 3.07. The number of anilines is 4. The van der Waals surface area contributed by atoms with Crippen LogP contribution >= 0.6 is 46.4 Å². The summed E-state index contributed by atoms with van der Waals surface area (Å²) < 4.78 is 0. The molecule has 2 aromatic heterocycles. The number of halogens is 4. The number of benzene rings is 2. The van der Waals surface area contributed by atoms with E-state index in [9.17, 15) is 9.59 Å². The molecular formula is C34H40Cl4N12O2. The number of nitrogens with two attached hydrogens (primary N) is 6. The molecule has 52 heavy (non-hydrogen) atoms. The van der Waals surface area contributed by atoms with E-state index in [-0.39, 0.29) is 55.3 Å². The number of hydrogen-bond acceptors (Lipinski definition) is 12. The highest BCUT2D eigenvalue weighted by molar-refractivity contribution is 6.44. The van der Waals surface area contributed by atoms with Crippen molar-refractivity contribution in [2.75, 3.05) is 47.4 Å². The summed E-state index contributed by atoms with van der Waals surface area (Å²) in [4.78, 5) is 45.5. The average molecular weight is 791 g/mol. The summed E-state index contributed by atoms with van der Waals surface area (Å²) in [7, 11) is 0. The van der Waals surface area contributed by atoms with Gasteiger partial charge in [0.15, 0.2) is 0 Å². The molecule has 276 valence electrons. The number of carbonyl (C=O) groups is 2. The molecule has 2 amide bonds. The fourth-order valence-electron chi connectivity index (χ4n) is 5.93. The number of hydrogen-bond donors (Lipinski definition) is 6. The molecule has 6 rings (SSSR count). The largest absolute Gasteiger partial charge is 0.383 e. The zero-order valence-corrected chi connectivity index (χ0v) is 31.6. The summed E-state index contributed by atoms with van der Waals surface area (Å²) in [6, 6.07) is 10.1. The monoisotopic (exact) mass is 788 g/mol. The van der Waals surface area contributed by atoms with Gasteiger partial charge >= 0.3 is 0 Å². The van der Waals surface area contributed by atoms with Crippen molar-refractivity contribution in [2.45, 2.75) is 50.6 Å². The second-order valence-electron chi connectivity index (χ2n) is 13.5. The zero-order chi connectivity index (χ0) is 38.1. The fourth-order valence-corrected chi connectivity index (χ4v) is 6.72. The second kappa shape index (κ2) is 15.4. The summed E-state index contributed by atoms with van der Waals surface area (Å²) in [5, 5.41) is 1.19. The summed E-state index contributed by atoms with van der Waals surface area (Å²) >= 11 is 24.7. The minimum Gasteiger partial charge on any atom is -0.383 e. The topological polar surface area (TPSA) is 248 Å². The second-order valence-corrected chi connectivity index (χ2v) is 15.0. The molecule has 0 saturated carbocycles. The van der Waals surface area contributed by atoms with E-state index in [4.69, 9.17) is 80.8 Å². The van der Waals surface area contributed by atoms with Crippen molar-refractivity contribution in [2.24, 2.45) is 22.9 Å². The van der Waals surface area contributed by atoms with Crippen LogP contribution in [0.1, 0.15) is 60.5 Å². The smallest absolute Gasteiger partial charge is 0.268 e. The Hall–Kier alpha value is -4.18. The predicted molar refractivity (Wildman–Crippen MR) is 209 cm³/mol. The first-order valence-electron chi connectivity index (χ1n) is 16.3. The Morgan fingerprint density at radius 2 is 0.942 bits per heavy atom. The van der Waals surface area contributed by atoms with E-state index in [1.165, 1.54) is 0 Å². The van der Waals surface area contributed by atoms with E-state index < -0.39 is 11.8 Å². The third-order valence-corrected chi connectivity index (χ3v) is 10.8. The van der Waals surface area contributed by atoms with Gasteiger partial charge in [0.2, 0.25) is 11.9 Å². The van der Waals surface area contributed by atoms with Gasteiger partial charge in [0.05, 0.1) is 31.2 Å². The van der Waals surface area contributed by atoms with Crippen LogP contribution in [0.5, 0.6) is 0 Å². The van der Waals surface area contributed by atoms with Crippen LogP contribution in [0.2, 0.25) is 20.1 Å². The molecule has 14 nitrogen and oxygen atoms in total. The van der Waals surface area contributed by atoms with E-state index in [2.05, 4.69) is 19.9 Å². The van der Waals surface area contributed by atoms with E-state index in [1.54, 1.807) is 36.4 Å². The van der Waals surface area contributed by atoms with Crippen LogP contribution in [-0.2, 0) is 0 Å². The van der Waals surface area contributed by atoms with Crippen molar-refractivity contribution in [3.63, 3.8) is 0 Å². The number of nitrogen functional groups attached to an aromatic ring is 2. The molecular weight excluding hydrogens is 750 g/mol. The number of amides is 2. The Bertz CT molecular complexity index is 1860. The Morgan fingerprint density at radius 1 is 0.615 bits per heavy atom. The molecule has 0 aliphatic carbocycles. The molecule has 2 aromatic carbocycles. The lowest BCUT2D eigenvalue weighted by molar-refractivity contribution is 0.0988. The van der Waals surface area contributed by atoms with Crippen LogP contribution in [0.4, 0.5) is 23.5 Å². The van der Waals surface area contributed by atoms with Crippen molar-refractivity contribution >= 4 is 81.8 Å². The third-order valence-electron chi connectivity index (χ3n) is 9.14. The van der Waals surface area contributed by atoms with Crippen LogP contribution in [-0.4, -0.2) is 69.0 Å². The Labute approximate surface area is 321 Å². The quantitative estimate of drug-likeness (QED) is 0.153. The number of rotatable bonds is 6. The van der Waals surface area contributed by atoms with Crippen molar-refractivity contribution < 1.29 is 9.59 Å². The first-order chi connectivity index (χ1) is 24.4. The molecule has 2 fully saturated rings. The number of piperidine rings is 2. The van der Waals surface area contributed by atoms with Gasteiger partial charge in [0.25, 0.3) is 11.8 Å². The zero-order valence-electron chi connectivity index (χ0n) is 28.6. The lowest BCUT2D eigenvalue weighted by atomic mass is 9.91. The van der Waals surface area contributed by atoms with Gasteiger partial charge in [0, 0.05) is 48.4 Å². The molecule has 12 N–H and O–H groups in total. The highest BCUT2D eigenvalue weighted by Gasteiger charge is 2.31. The number of aromatic nitrogens is 4. The van der Waals surface area contributed by atoms with Gasteiger partial charge in [-0.05, 0) is 51.7 Å². The number of primary amides is 2. The summed E-state index contributed by atoms with van der Waals surface area (Å²) in [5.41, 5.74) is 36.8. The molecule has 18 heteroatoms. The van der Waals surface area contributed by atoms with Gasteiger partial charge in [-0.3, -0.25) is 9.59 Å². The molecule has 0 atom stereocenters. The molecule has 0 radical (unpaired) electrons. The van der Waals surface area contributed by atoms with Crippen LogP contribution in [0, 0.1) is 0 Å². The molecule has 4 heterocycles. The maximum absolute atomic E-state index is 12.0. The van der Waals surface area contributed by atoms with Crippen molar-refractivity contribution in [1.82, 2.24) is 19.9 Å². The van der Waals surface area contributed by atoms with E-state index in [1.807, 2.05) is 23.6 Å². The summed E-state index contributed by atoms with van der Waals surface area (Å²) in [5.74, 6) is -0.482. The lowest BCUT2D eigenvalue weighted by Crippen LogP contribution is -2.48. The van der Waals surface area contributed by atoms with Crippen LogP contribution in [0.25, 0.3) is 22.3 Å². The van der Waals surface area contributed by atoms with Crippen molar-refractivity contribution in [3.05, 3.63) is 67.9 Å². The van der Waals surface area contributed by atoms with Gasteiger partial charge in [-0.1, -0.05) is 70.7 Å². The molecule has 2 saturated heterocycles. The van der Waals surface area contributed by atoms with Crippen LogP contribution in [0.15, 0.2) is 36.4 Å². The van der Waals surface area contributed by atoms with Crippen LogP contribution in [0.3, 0.4) is 0 Å². The van der Waals surface area contributed by atoms with Crippen LogP contribution < -0.4 is 44.2 Å². The maximum atomic E-state index is 12.0. The minimum atomic E-state index is -0.716. The Balaban J connectivity index is 0.000000201. The van der Waals surface area contributed by atoms with E-state index in [0.29, 0.717) is 59.2 Å². The lowest BCUT2D eigenvalue weighted by Gasteiger charge is -2.36. The van der Waals surface area contributed by atoms with E-state index >= 15 is 0 Å². The molecule has 2 aliphatic rings. The number of nitrogens with zero attached hydrogens (tertiary/aromatic N) is 6. The summed E-state index contributed by atoms with van der Waals surface area (Å²) in [6.45, 7) is 6.70. The first kappa shape index (κ1) is 39.0. The first-order valence-corrected chi connectivity index (χ1v) is 17.8. The molecule has 2 aliphatic heterocycles. The standard InChI is InChI=1S/2C17H20Cl2N6O/c2*1-17(22)5-7-25(8-6-17)16-23-13(15(21)26)11(14(20)24-16)9-3-2-4-10(18)12(9)19/h2*2-4H,5-8,22H2,1H3,(H2,21,26)(H2,20,23,24). The SMILES string of the molecule is CC1(N)CCN(c2nc(N)c(-c3cccc(Cl)c3Cl)c(C(N)=O)n2)CC1.CC1(N)CCN(c2nc(N)c(-c3cccc(Cl)c3Cl)c(C(N)=O)n2)CC1. The van der Waals surface area contributed by atoms with Gasteiger partial charge < -0.3 is 44.2 Å². The maximum Gasteiger partial charge on any atom is 0.268 e. The van der Waals surface area contributed by atoms with Gasteiger partial charge in [-0.25, -0.2) is 9.97 Å². The highest BCUT2D eigenvalue weighted by atomic mass is 35.5. The molecule has 0 unspecified atom stereocenters. The van der Waals surface area contributed by atoms with Gasteiger partial charge in [-0.2, -0.15) is 9.97 Å². The summed E-state index contributed by atoms with van der Waals surface area (Å²) in [6.07, 6.45) is 3.13. The molecule has 0 spiro atoms. The number of carbonyl (C=O) groups excluding carboxylic acids is 2. The molecule has 4 aromatic rings. The third kappa shape index (κ3) is 8.54. The Morgan fingerprint density at radius 3 is 1.25 bits per heavy atom. The Kier molecular flexibility index (Phi) is 11.6.